The van der Waals surface area contributed by atoms with Gasteiger partial charge in [-0.3, -0.25) is 4.90 Å². The topological polar surface area (TPSA) is 96.5 Å². The SMILES string of the molecule is C[C@@H](C(=O)O)N(C(N)=O)c1ccccn1. The molecule has 0 saturated carbocycles. The Morgan fingerprint density at radius 3 is 2.60 bits per heavy atom. The number of amides is 2. The maximum atomic E-state index is 11.1. The fraction of sp³-hybridized carbons (Fsp3) is 0.222. The fourth-order valence-electron chi connectivity index (χ4n) is 1.11. The first-order valence-corrected chi connectivity index (χ1v) is 4.26. The number of aromatic nitrogens is 1. The normalized spacial score (nSPS) is 11.8. The first-order chi connectivity index (χ1) is 7.04. The van der Waals surface area contributed by atoms with E-state index in [0.29, 0.717) is 0 Å². The summed E-state index contributed by atoms with van der Waals surface area (Å²) in [6.45, 7) is 1.36. The number of pyridine rings is 1. The number of aliphatic carboxylic acids is 1. The molecule has 1 atom stereocenters. The minimum atomic E-state index is -1.14. The van der Waals surface area contributed by atoms with Crippen LogP contribution in [0.3, 0.4) is 0 Å². The standard InChI is InChI=1S/C9H11N3O3/c1-6(8(13)14)12(9(10)15)7-4-2-3-5-11-7/h2-6H,1H3,(H2,10,15)(H,13,14)/t6-/m0/s1. The number of hydrogen-bond acceptors (Lipinski definition) is 3. The van der Waals surface area contributed by atoms with Crippen LogP contribution in [0.15, 0.2) is 24.4 Å². The molecule has 3 N–H and O–H groups in total. The minimum Gasteiger partial charge on any atom is -0.480 e. The van der Waals surface area contributed by atoms with Crippen molar-refractivity contribution in [3.63, 3.8) is 0 Å². The summed E-state index contributed by atoms with van der Waals surface area (Å²) in [5, 5.41) is 8.79. The summed E-state index contributed by atoms with van der Waals surface area (Å²) in [6.07, 6.45) is 1.46. The zero-order chi connectivity index (χ0) is 11.4. The molecule has 0 saturated heterocycles. The smallest absolute Gasteiger partial charge is 0.326 e. The van der Waals surface area contributed by atoms with E-state index in [2.05, 4.69) is 4.98 Å². The Labute approximate surface area is 86.3 Å². The molecule has 0 bridgehead atoms. The summed E-state index contributed by atoms with van der Waals surface area (Å²) in [6, 6.07) is 2.94. The van der Waals surface area contributed by atoms with Crippen LogP contribution in [0.2, 0.25) is 0 Å². The molecule has 1 heterocycles. The van der Waals surface area contributed by atoms with E-state index in [9.17, 15) is 9.59 Å². The molecular formula is C9H11N3O3. The molecule has 0 radical (unpaired) electrons. The second kappa shape index (κ2) is 4.41. The first-order valence-electron chi connectivity index (χ1n) is 4.26. The Balaban J connectivity index is 3.04. The lowest BCUT2D eigenvalue weighted by Gasteiger charge is -2.22. The van der Waals surface area contributed by atoms with E-state index >= 15 is 0 Å². The van der Waals surface area contributed by atoms with Gasteiger partial charge in [0.2, 0.25) is 0 Å². The van der Waals surface area contributed by atoms with Crippen molar-refractivity contribution in [2.75, 3.05) is 4.90 Å². The molecule has 1 rings (SSSR count). The molecule has 0 aliphatic heterocycles. The van der Waals surface area contributed by atoms with Gasteiger partial charge in [-0.25, -0.2) is 14.6 Å². The summed E-state index contributed by atoms with van der Waals surface area (Å²) in [7, 11) is 0. The highest BCUT2D eigenvalue weighted by atomic mass is 16.4. The molecule has 15 heavy (non-hydrogen) atoms. The molecule has 2 amide bonds. The molecule has 0 fully saturated rings. The number of carbonyl (C=O) groups is 2. The van der Waals surface area contributed by atoms with Crippen LogP contribution in [-0.2, 0) is 4.79 Å². The average molecular weight is 209 g/mol. The lowest BCUT2D eigenvalue weighted by molar-refractivity contribution is -0.138. The first kappa shape index (κ1) is 11.0. The van der Waals surface area contributed by atoms with Crippen molar-refractivity contribution in [2.24, 2.45) is 5.73 Å². The summed E-state index contributed by atoms with van der Waals surface area (Å²) in [4.78, 5) is 26.6. The van der Waals surface area contributed by atoms with Crippen LogP contribution >= 0.6 is 0 Å². The van der Waals surface area contributed by atoms with Crippen LogP contribution < -0.4 is 10.6 Å². The number of carboxylic acid groups (broad SMARTS) is 1. The van der Waals surface area contributed by atoms with Crippen LogP contribution in [-0.4, -0.2) is 28.1 Å². The predicted octanol–water partition coefficient (Wildman–Crippen LogP) is 0.440. The Morgan fingerprint density at radius 2 is 2.20 bits per heavy atom. The molecule has 0 aromatic carbocycles. The van der Waals surface area contributed by atoms with Crippen molar-refractivity contribution in [3.05, 3.63) is 24.4 Å². The zero-order valence-corrected chi connectivity index (χ0v) is 8.12. The molecular weight excluding hydrogens is 198 g/mol. The second-order valence-corrected chi connectivity index (χ2v) is 2.91. The van der Waals surface area contributed by atoms with Gasteiger partial charge in [-0.2, -0.15) is 0 Å². The minimum absolute atomic E-state index is 0.222. The number of rotatable bonds is 3. The van der Waals surface area contributed by atoms with Crippen molar-refractivity contribution in [1.29, 1.82) is 0 Å². The Kier molecular flexibility index (Phi) is 3.22. The van der Waals surface area contributed by atoms with E-state index in [-0.39, 0.29) is 5.82 Å². The maximum Gasteiger partial charge on any atom is 0.326 e. The van der Waals surface area contributed by atoms with E-state index in [1.165, 1.54) is 19.2 Å². The van der Waals surface area contributed by atoms with Gasteiger partial charge in [0.15, 0.2) is 0 Å². The highest BCUT2D eigenvalue weighted by Crippen LogP contribution is 2.12. The van der Waals surface area contributed by atoms with Crippen LogP contribution in [0.1, 0.15) is 6.92 Å². The lowest BCUT2D eigenvalue weighted by Crippen LogP contribution is -2.46. The van der Waals surface area contributed by atoms with Crippen molar-refractivity contribution in [1.82, 2.24) is 4.98 Å². The van der Waals surface area contributed by atoms with E-state index < -0.39 is 18.0 Å². The molecule has 6 nitrogen and oxygen atoms in total. The highest BCUT2D eigenvalue weighted by Gasteiger charge is 2.25. The zero-order valence-electron chi connectivity index (χ0n) is 8.12. The molecule has 0 aliphatic rings. The van der Waals surface area contributed by atoms with Crippen LogP contribution in [0, 0.1) is 0 Å². The summed E-state index contributed by atoms with van der Waals surface area (Å²) in [5.74, 6) is -0.917. The average Bonchev–Trinajstić information content (AvgIpc) is 2.18. The van der Waals surface area contributed by atoms with Gasteiger partial charge in [-0.05, 0) is 19.1 Å². The van der Waals surface area contributed by atoms with Gasteiger partial charge in [0.25, 0.3) is 0 Å². The Hall–Kier alpha value is -2.11. The second-order valence-electron chi connectivity index (χ2n) is 2.91. The third-order valence-corrected chi connectivity index (χ3v) is 1.88. The number of nitrogens with zero attached hydrogens (tertiary/aromatic N) is 2. The summed E-state index contributed by atoms with van der Waals surface area (Å²) >= 11 is 0. The number of anilines is 1. The van der Waals surface area contributed by atoms with Crippen LogP contribution in [0.25, 0.3) is 0 Å². The number of urea groups is 1. The third-order valence-electron chi connectivity index (χ3n) is 1.88. The molecule has 0 aliphatic carbocycles. The number of hydrogen-bond donors (Lipinski definition) is 2. The van der Waals surface area contributed by atoms with E-state index in [1.54, 1.807) is 12.1 Å². The number of carbonyl (C=O) groups excluding carboxylic acids is 1. The Bertz CT molecular complexity index is 366. The van der Waals surface area contributed by atoms with Gasteiger partial charge >= 0.3 is 12.0 Å². The van der Waals surface area contributed by atoms with E-state index in [4.69, 9.17) is 10.8 Å². The molecule has 1 aromatic rings. The van der Waals surface area contributed by atoms with Crippen LogP contribution in [0.5, 0.6) is 0 Å². The van der Waals surface area contributed by atoms with E-state index in [1.807, 2.05) is 0 Å². The quantitative estimate of drug-likeness (QED) is 0.754. The third kappa shape index (κ3) is 2.43. The van der Waals surface area contributed by atoms with Gasteiger partial charge in [0, 0.05) is 6.20 Å². The van der Waals surface area contributed by atoms with Crippen molar-refractivity contribution in [2.45, 2.75) is 13.0 Å². The largest absolute Gasteiger partial charge is 0.480 e. The van der Waals surface area contributed by atoms with Crippen molar-refractivity contribution in [3.8, 4) is 0 Å². The summed E-state index contributed by atoms with van der Waals surface area (Å²) in [5.41, 5.74) is 5.09. The van der Waals surface area contributed by atoms with Gasteiger partial charge in [-0.1, -0.05) is 6.07 Å². The molecule has 80 valence electrons. The summed E-state index contributed by atoms with van der Waals surface area (Å²) < 4.78 is 0. The number of primary amides is 1. The van der Waals surface area contributed by atoms with Crippen molar-refractivity contribution < 1.29 is 14.7 Å². The molecule has 1 aromatic heterocycles. The molecule has 0 unspecified atom stereocenters. The van der Waals surface area contributed by atoms with Gasteiger partial charge < -0.3 is 10.8 Å². The van der Waals surface area contributed by atoms with Gasteiger partial charge in [-0.15, -0.1) is 0 Å². The number of carboxylic acids is 1. The lowest BCUT2D eigenvalue weighted by atomic mass is 10.3. The maximum absolute atomic E-state index is 11.1. The van der Waals surface area contributed by atoms with Gasteiger partial charge in [0.05, 0.1) is 0 Å². The molecule has 6 heteroatoms. The number of nitrogens with two attached hydrogens (primary N) is 1. The van der Waals surface area contributed by atoms with E-state index in [0.717, 1.165) is 4.90 Å². The van der Waals surface area contributed by atoms with Gasteiger partial charge in [0.1, 0.15) is 11.9 Å². The molecule has 0 spiro atoms. The fourth-order valence-corrected chi connectivity index (χ4v) is 1.11. The Morgan fingerprint density at radius 1 is 1.53 bits per heavy atom. The van der Waals surface area contributed by atoms with Crippen LogP contribution in [0.4, 0.5) is 10.6 Å². The monoisotopic (exact) mass is 209 g/mol. The predicted molar refractivity (Wildman–Crippen MR) is 53.4 cm³/mol. The highest BCUT2D eigenvalue weighted by molar-refractivity contribution is 5.96. The van der Waals surface area contributed by atoms with Crippen molar-refractivity contribution >= 4 is 17.8 Å².